The Morgan fingerprint density at radius 3 is 2.55 bits per heavy atom. The van der Waals surface area contributed by atoms with Crippen molar-refractivity contribution >= 4 is 18.1 Å². The van der Waals surface area contributed by atoms with Gasteiger partial charge in [0.15, 0.2) is 0 Å². The van der Waals surface area contributed by atoms with E-state index in [0.717, 1.165) is 39.1 Å². The van der Waals surface area contributed by atoms with Crippen LogP contribution in [0.5, 0.6) is 0 Å². The molecule has 1 saturated heterocycles. The van der Waals surface area contributed by atoms with Gasteiger partial charge < -0.3 is 15.4 Å². The van der Waals surface area contributed by atoms with E-state index < -0.39 is 0 Å². The Kier molecular flexibility index (Phi) is 4.33. The van der Waals surface area contributed by atoms with E-state index in [9.17, 15) is 0 Å². The molecule has 0 bridgehead atoms. The zero-order valence-electron chi connectivity index (χ0n) is 12.4. The summed E-state index contributed by atoms with van der Waals surface area (Å²) >= 11 is 0. The first kappa shape index (κ1) is 15.6. The number of hydrogen-bond acceptors (Lipinski definition) is 3. The molecule has 1 aromatic carbocycles. The first-order chi connectivity index (χ1) is 9.00. The van der Waals surface area contributed by atoms with Crippen molar-refractivity contribution in [3.05, 3.63) is 29.8 Å². The predicted molar refractivity (Wildman–Crippen MR) is 85.9 cm³/mol. The van der Waals surface area contributed by atoms with Gasteiger partial charge in [0.1, 0.15) is 0 Å². The van der Waals surface area contributed by atoms with Crippen LogP contribution in [0.2, 0.25) is 0 Å². The van der Waals surface area contributed by atoms with Crippen molar-refractivity contribution in [3.63, 3.8) is 0 Å². The Morgan fingerprint density at radius 1 is 1.25 bits per heavy atom. The van der Waals surface area contributed by atoms with Crippen LogP contribution in [0, 0.1) is 0 Å². The van der Waals surface area contributed by atoms with Crippen molar-refractivity contribution in [2.24, 2.45) is 5.73 Å². The van der Waals surface area contributed by atoms with Gasteiger partial charge in [0, 0.05) is 42.9 Å². The largest absolute Gasteiger partial charge is 0.381 e. The highest BCUT2D eigenvalue weighted by molar-refractivity contribution is 5.85. The number of halogens is 1. The van der Waals surface area contributed by atoms with Crippen LogP contribution in [0.15, 0.2) is 24.3 Å². The fourth-order valence-electron chi connectivity index (χ4n) is 3.56. The summed E-state index contributed by atoms with van der Waals surface area (Å²) in [6, 6.07) is 8.83. The lowest BCUT2D eigenvalue weighted by atomic mass is 9.76. The molecule has 0 unspecified atom stereocenters. The molecule has 1 spiro atoms. The van der Waals surface area contributed by atoms with E-state index in [1.807, 2.05) is 0 Å². The molecule has 1 aromatic rings. The third-order valence-electron chi connectivity index (χ3n) is 4.36. The van der Waals surface area contributed by atoms with Crippen LogP contribution in [-0.4, -0.2) is 31.8 Å². The highest BCUT2D eigenvalue weighted by atomic mass is 35.5. The molecule has 0 aromatic heterocycles. The average molecular weight is 297 g/mol. The fourth-order valence-corrected chi connectivity index (χ4v) is 3.56. The summed E-state index contributed by atoms with van der Waals surface area (Å²) in [6.45, 7) is 7.97. The van der Waals surface area contributed by atoms with E-state index in [-0.39, 0.29) is 17.9 Å². The van der Waals surface area contributed by atoms with E-state index in [0.29, 0.717) is 5.41 Å². The maximum Gasteiger partial charge on any atom is 0.0475 e. The van der Waals surface area contributed by atoms with Gasteiger partial charge in [0.2, 0.25) is 0 Å². The van der Waals surface area contributed by atoms with Gasteiger partial charge >= 0.3 is 0 Å². The van der Waals surface area contributed by atoms with Gasteiger partial charge in [-0.2, -0.15) is 0 Å². The van der Waals surface area contributed by atoms with Gasteiger partial charge in [-0.25, -0.2) is 0 Å². The molecule has 2 heterocycles. The second kappa shape index (κ2) is 5.55. The van der Waals surface area contributed by atoms with Crippen molar-refractivity contribution in [2.75, 3.05) is 31.2 Å². The average Bonchev–Trinajstić information content (AvgIpc) is 2.64. The Hall–Kier alpha value is -0.770. The van der Waals surface area contributed by atoms with E-state index in [4.69, 9.17) is 10.5 Å². The molecule has 2 aliphatic rings. The summed E-state index contributed by atoms with van der Waals surface area (Å²) in [7, 11) is 0. The molecule has 0 amide bonds. The third kappa shape index (κ3) is 2.80. The first-order valence-electron chi connectivity index (χ1n) is 7.21. The summed E-state index contributed by atoms with van der Waals surface area (Å²) in [5, 5.41) is 0. The Bertz CT molecular complexity index is 464. The number of hydrogen-bond donors (Lipinski definition) is 1. The predicted octanol–water partition coefficient (Wildman–Crippen LogP) is 2.71. The molecule has 2 aliphatic heterocycles. The molecular weight excluding hydrogens is 272 g/mol. The SMILES string of the molecule is CC(C)(N)CN1CC2(CCOCC2)c2ccccc21.Cl. The lowest BCUT2D eigenvalue weighted by Gasteiger charge is -2.35. The Balaban J connectivity index is 0.00000147. The molecule has 1 fully saturated rings. The monoisotopic (exact) mass is 296 g/mol. The normalized spacial score (nSPS) is 20.6. The smallest absolute Gasteiger partial charge is 0.0475 e. The van der Waals surface area contributed by atoms with Crippen molar-refractivity contribution < 1.29 is 4.74 Å². The quantitative estimate of drug-likeness (QED) is 0.912. The minimum absolute atomic E-state index is 0. The van der Waals surface area contributed by atoms with Gasteiger partial charge in [-0.15, -0.1) is 12.4 Å². The van der Waals surface area contributed by atoms with Crippen LogP contribution < -0.4 is 10.6 Å². The van der Waals surface area contributed by atoms with E-state index in [1.165, 1.54) is 11.3 Å². The van der Waals surface area contributed by atoms with E-state index >= 15 is 0 Å². The maximum atomic E-state index is 6.22. The zero-order chi connectivity index (χ0) is 13.5. The first-order valence-corrected chi connectivity index (χ1v) is 7.21. The third-order valence-corrected chi connectivity index (χ3v) is 4.36. The molecule has 0 saturated carbocycles. The van der Waals surface area contributed by atoms with Gasteiger partial charge in [0.25, 0.3) is 0 Å². The lowest BCUT2D eigenvalue weighted by molar-refractivity contribution is 0.0552. The van der Waals surface area contributed by atoms with Crippen molar-refractivity contribution in [3.8, 4) is 0 Å². The number of anilines is 1. The molecule has 2 N–H and O–H groups in total. The van der Waals surface area contributed by atoms with Gasteiger partial charge in [-0.1, -0.05) is 18.2 Å². The zero-order valence-corrected chi connectivity index (χ0v) is 13.2. The summed E-state index contributed by atoms with van der Waals surface area (Å²) < 4.78 is 5.56. The number of rotatable bonds is 2. The van der Waals surface area contributed by atoms with Crippen LogP contribution in [0.25, 0.3) is 0 Å². The topological polar surface area (TPSA) is 38.5 Å². The number of para-hydroxylation sites is 1. The molecule has 20 heavy (non-hydrogen) atoms. The molecule has 4 heteroatoms. The van der Waals surface area contributed by atoms with E-state index in [1.54, 1.807) is 0 Å². The highest BCUT2D eigenvalue weighted by Crippen LogP contribution is 2.46. The highest BCUT2D eigenvalue weighted by Gasteiger charge is 2.44. The van der Waals surface area contributed by atoms with Crippen LogP contribution in [0.3, 0.4) is 0 Å². The van der Waals surface area contributed by atoms with Crippen molar-refractivity contribution in [1.29, 1.82) is 0 Å². The number of fused-ring (bicyclic) bond motifs is 2. The van der Waals surface area contributed by atoms with Crippen molar-refractivity contribution in [1.82, 2.24) is 0 Å². The molecule has 0 radical (unpaired) electrons. The lowest BCUT2D eigenvalue weighted by Crippen LogP contribution is -2.47. The molecule has 0 aliphatic carbocycles. The number of benzene rings is 1. The summed E-state index contributed by atoms with van der Waals surface area (Å²) in [6.07, 6.45) is 2.26. The van der Waals surface area contributed by atoms with Crippen LogP contribution >= 0.6 is 12.4 Å². The van der Waals surface area contributed by atoms with Crippen LogP contribution in [0.1, 0.15) is 32.3 Å². The fraction of sp³-hybridized carbons (Fsp3) is 0.625. The van der Waals surface area contributed by atoms with Gasteiger partial charge in [-0.05, 0) is 38.3 Å². The minimum atomic E-state index is -0.163. The summed E-state index contributed by atoms with van der Waals surface area (Å²) in [5.41, 5.74) is 9.23. The van der Waals surface area contributed by atoms with E-state index in [2.05, 4.69) is 43.0 Å². The molecule has 0 atom stereocenters. The van der Waals surface area contributed by atoms with Gasteiger partial charge in [0.05, 0.1) is 0 Å². The standard InChI is InChI=1S/C16H24N2O.ClH/c1-15(2,17)11-18-12-16(7-9-19-10-8-16)13-5-3-4-6-14(13)18;/h3-6H,7-12,17H2,1-2H3;1H. The Labute approximate surface area is 127 Å². The second-order valence-corrected chi connectivity index (χ2v) is 6.75. The minimum Gasteiger partial charge on any atom is -0.381 e. The van der Waals surface area contributed by atoms with Gasteiger partial charge in [-0.3, -0.25) is 0 Å². The molecular formula is C16H25ClN2O. The van der Waals surface area contributed by atoms with Crippen molar-refractivity contribution in [2.45, 2.75) is 37.6 Å². The number of ether oxygens (including phenoxy) is 1. The molecule has 112 valence electrons. The van der Waals surface area contributed by atoms with Crippen LogP contribution in [-0.2, 0) is 10.2 Å². The Morgan fingerprint density at radius 2 is 1.90 bits per heavy atom. The van der Waals surface area contributed by atoms with Crippen LogP contribution in [0.4, 0.5) is 5.69 Å². The summed E-state index contributed by atoms with van der Waals surface area (Å²) in [4.78, 5) is 2.47. The molecule has 3 rings (SSSR count). The number of nitrogens with two attached hydrogens (primary N) is 1. The number of nitrogens with zero attached hydrogens (tertiary/aromatic N) is 1. The summed E-state index contributed by atoms with van der Waals surface area (Å²) in [5.74, 6) is 0. The molecule has 3 nitrogen and oxygen atoms in total. The maximum absolute atomic E-state index is 6.22. The second-order valence-electron chi connectivity index (χ2n) is 6.75.